The number of rotatable bonds is 4. The minimum atomic E-state index is 0.650. The molecule has 1 heterocycles. The predicted octanol–water partition coefficient (Wildman–Crippen LogP) is 4.13. The van der Waals surface area contributed by atoms with E-state index in [-0.39, 0.29) is 0 Å². The second-order valence-electron chi connectivity index (χ2n) is 5.03. The van der Waals surface area contributed by atoms with Crippen molar-refractivity contribution in [3.05, 3.63) is 59.1 Å². The molecule has 3 nitrogen and oxygen atoms in total. The van der Waals surface area contributed by atoms with Crippen LogP contribution in [0.2, 0.25) is 0 Å². The molecule has 2 N–H and O–H groups in total. The average molecular weight is 327 g/mol. The molecule has 22 heavy (non-hydrogen) atoms. The van der Waals surface area contributed by atoms with Crippen molar-refractivity contribution in [3.63, 3.8) is 0 Å². The van der Waals surface area contributed by atoms with E-state index in [1.807, 2.05) is 25.1 Å². The van der Waals surface area contributed by atoms with Gasteiger partial charge in [0.1, 0.15) is 0 Å². The van der Waals surface area contributed by atoms with Crippen molar-refractivity contribution in [2.45, 2.75) is 13.3 Å². The number of anilines is 1. The molecule has 0 saturated carbocycles. The van der Waals surface area contributed by atoms with Crippen LogP contribution in [0.25, 0.3) is 10.2 Å². The van der Waals surface area contributed by atoms with E-state index in [1.54, 1.807) is 11.3 Å². The SMILES string of the molecule is Cc1nc2ccc(NC(=S)NCCc3ccccc3)cc2s1. The number of nitrogens with one attached hydrogen (secondary N) is 2. The van der Waals surface area contributed by atoms with Gasteiger partial charge in [0.05, 0.1) is 15.2 Å². The standard InChI is InChI=1S/C17H17N3S2/c1-12-19-15-8-7-14(11-16(15)22-12)20-17(21)18-10-9-13-5-3-2-4-6-13/h2-8,11H,9-10H2,1H3,(H2,18,20,21). The molecule has 3 aromatic rings. The van der Waals surface area contributed by atoms with Crippen molar-refractivity contribution in [1.82, 2.24) is 10.3 Å². The van der Waals surface area contributed by atoms with Crippen molar-refractivity contribution in [2.24, 2.45) is 0 Å². The molecule has 0 atom stereocenters. The van der Waals surface area contributed by atoms with Gasteiger partial charge in [0.15, 0.2) is 5.11 Å². The van der Waals surface area contributed by atoms with E-state index in [4.69, 9.17) is 12.2 Å². The molecule has 0 aliphatic rings. The Labute approximate surface area is 139 Å². The minimum Gasteiger partial charge on any atom is -0.362 e. The number of aromatic nitrogens is 1. The van der Waals surface area contributed by atoms with E-state index in [1.165, 1.54) is 10.3 Å². The smallest absolute Gasteiger partial charge is 0.170 e. The van der Waals surface area contributed by atoms with Gasteiger partial charge in [0, 0.05) is 12.2 Å². The minimum absolute atomic E-state index is 0.650. The van der Waals surface area contributed by atoms with Crippen LogP contribution in [-0.2, 0) is 6.42 Å². The first kappa shape index (κ1) is 14.9. The predicted molar refractivity (Wildman–Crippen MR) is 98.7 cm³/mol. The van der Waals surface area contributed by atoms with Crippen LogP contribution in [0.1, 0.15) is 10.6 Å². The topological polar surface area (TPSA) is 37.0 Å². The Kier molecular flexibility index (Phi) is 4.65. The molecule has 2 aromatic carbocycles. The highest BCUT2D eigenvalue weighted by atomic mass is 32.1. The highest BCUT2D eigenvalue weighted by molar-refractivity contribution is 7.80. The van der Waals surface area contributed by atoms with E-state index < -0.39 is 0 Å². The van der Waals surface area contributed by atoms with E-state index in [0.29, 0.717) is 5.11 Å². The van der Waals surface area contributed by atoms with Crippen LogP contribution in [-0.4, -0.2) is 16.6 Å². The van der Waals surface area contributed by atoms with Gasteiger partial charge >= 0.3 is 0 Å². The number of thiocarbonyl (C=S) groups is 1. The fourth-order valence-electron chi connectivity index (χ4n) is 2.26. The largest absolute Gasteiger partial charge is 0.362 e. The quantitative estimate of drug-likeness (QED) is 0.706. The third kappa shape index (κ3) is 3.81. The molecule has 112 valence electrons. The Morgan fingerprint density at radius 2 is 2.00 bits per heavy atom. The molecule has 5 heteroatoms. The average Bonchev–Trinajstić information content (AvgIpc) is 2.87. The molecule has 0 spiro atoms. The molecule has 0 aliphatic heterocycles. The zero-order chi connectivity index (χ0) is 15.4. The second kappa shape index (κ2) is 6.85. The summed E-state index contributed by atoms with van der Waals surface area (Å²) >= 11 is 7.04. The van der Waals surface area contributed by atoms with Gasteiger partial charge in [-0.3, -0.25) is 0 Å². The maximum absolute atomic E-state index is 5.34. The lowest BCUT2D eigenvalue weighted by molar-refractivity contribution is 0.873. The van der Waals surface area contributed by atoms with Crippen LogP contribution in [0.5, 0.6) is 0 Å². The van der Waals surface area contributed by atoms with E-state index in [2.05, 4.69) is 45.9 Å². The van der Waals surface area contributed by atoms with Gasteiger partial charge in [-0.1, -0.05) is 30.3 Å². The number of hydrogen-bond acceptors (Lipinski definition) is 3. The first-order valence-corrected chi connectivity index (χ1v) is 8.39. The summed E-state index contributed by atoms with van der Waals surface area (Å²) in [5.74, 6) is 0. The summed E-state index contributed by atoms with van der Waals surface area (Å²) in [5, 5.41) is 8.20. The first-order valence-electron chi connectivity index (χ1n) is 7.17. The van der Waals surface area contributed by atoms with Crippen LogP contribution < -0.4 is 10.6 Å². The van der Waals surface area contributed by atoms with Gasteiger partial charge in [0.25, 0.3) is 0 Å². The van der Waals surface area contributed by atoms with E-state index in [9.17, 15) is 0 Å². The summed E-state index contributed by atoms with van der Waals surface area (Å²) in [6.45, 7) is 2.84. The number of fused-ring (bicyclic) bond motifs is 1. The first-order chi connectivity index (χ1) is 10.7. The lowest BCUT2D eigenvalue weighted by Gasteiger charge is -2.10. The molecule has 0 aliphatic carbocycles. The summed E-state index contributed by atoms with van der Waals surface area (Å²) in [5.41, 5.74) is 3.34. The number of thiazole rings is 1. The van der Waals surface area contributed by atoms with Gasteiger partial charge < -0.3 is 10.6 Å². The van der Waals surface area contributed by atoms with Crippen molar-refractivity contribution < 1.29 is 0 Å². The second-order valence-corrected chi connectivity index (χ2v) is 6.67. The fourth-order valence-corrected chi connectivity index (χ4v) is 3.34. The molecule has 1 aromatic heterocycles. The monoisotopic (exact) mass is 327 g/mol. The van der Waals surface area contributed by atoms with Crippen LogP contribution in [0.4, 0.5) is 5.69 Å². The van der Waals surface area contributed by atoms with Gasteiger partial charge in [-0.25, -0.2) is 4.98 Å². The lowest BCUT2D eigenvalue weighted by atomic mass is 10.1. The van der Waals surface area contributed by atoms with Crippen molar-refractivity contribution in [2.75, 3.05) is 11.9 Å². The molecular weight excluding hydrogens is 310 g/mol. The number of benzene rings is 2. The van der Waals surface area contributed by atoms with Gasteiger partial charge in [-0.15, -0.1) is 11.3 Å². The summed E-state index contributed by atoms with van der Waals surface area (Å²) in [7, 11) is 0. The Morgan fingerprint density at radius 1 is 1.18 bits per heavy atom. The maximum atomic E-state index is 5.34. The normalized spacial score (nSPS) is 10.6. The fraction of sp³-hybridized carbons (Fsp3) is 0.176. The molecule has 0 radical (unpaired) electrons. The van der Waals surface area contributed by atoms with Crippen LogP contribution in [0, 0.1) is 6.92 Å². The summed E-state index contributed by atoms with van der Waals surface area (Å²) < 4.78 is 1.18. The highest BCUT2D eigenvalue weighted by Gasteiger charge is 2.03. The van der Waals surface area contributed by atoms with Gasteiger partial charge in [-0.2, -0.15) is 0 Å². The van der Waals surface area contributed by atoms with Gasteiger partial charge in [0.2, 0.25) is 0 Å². The Balaban J connectivity index is 1.54. The van der Waals surface area contributed by atoms with Crippen LogP contribution >= 0.6 is 23.6 Å². The zero-order valence-electron chi connectivity index (χ0n) is 12.3. The van der Waals surface area contributed by atoms with Crippen molar-refractivity contribution >= 4 is 44.6 Å². The Morgan fingerprint density at radius 3 is 2.82 bits per heavy atom. The van der Waals surface area contributed by atoms with E-state index in [0.717, 1.165) is 29.2 Å². The molecule has 0 unspecified atom stereocenters. The Bertz CT molecular complexity index is 781. The summed E-state index contributed by atoms with van der Waals surface area (Å²) in [6.07, 6.45) is 0.954. The zero-order valence-corrected chi connectivity index (χ0v) is 13.9. The maximum Gasteiger partial charge on any atom is 0.170 e. The number of nitrogens with zero attached hydrogens (tertiary/aromatic N) is 1. The van der Waals surface area contributed by atoms with Crippen molar-refractivity contribution in [1.29, 1.82) is 0 Å². The Hall–Kier alpha value is -1.98. The summed E-state index contributed by atoms with van der Waals surface area (Å²) in [6, 6.07) is 16.5. The van der Waals surface area contributed by atoms with Crippen LogP contribution in [0.15, 0.2) is 48.5 Å². The number of hydrogen-bond donors (Lipinski definition) is 2. The number of aryl methyl sites for hydroxylation is 1. The van der Waals surface area contributed by atoms with E-state index >= 15 is 0 Å². The van der Waals surface area contributed by atoms with Crippen LogP contribution in [0.3, 0.4) is 0 Å². The molecule has 0 amide bonds. The highest BCUT2D eigenvalue weighted by Crippen LogP contribution is 2.24. The molecule has 3 rings (SSSR count). The van der Waals surface area contributed by atoms with Crippen molar-refractivity contribution in [3.8, 4) is 0 Å². The lowest BCUT2D eigenvalue weighted by Crippen LogP contribution is -2.30. The molecular formula is C17H17N3S2. The molecule has 0 saturated heterocycles. The van der Waals surface area contributed by atoms with Gasteiger partial charge in [-0.05, 0) is 49.3 Å². The summed E-state index contributed by atoms with van der Waals surface area (Å²) in [4.78, 5) is 4.46. The molecule has 0 fully saturated rings. The third-order valence-electron chi connectivity index (χ3n) is 3.30. The third-order valence-corrected chi connectivity index (χ3v) is 4.48. The molecule has 0 bridgehead atoms.